The number of anilines is 1. The summed E-state index contributed by atoms with van der Waals surface area (Å²) < 4.78 is 0. The van der Waals surface area contributed by atoms with Crippen molar-refractivity contribution in [3.05, 3.63) is 94.7 Å². The van der Waals surface area contributed by atoms with E-state index in [0.717, 1.165) is 40.8 Å². The van der Waals surface area contributed by atoms with Crippen molar-refractivity contribution in [3.8, 4) is 0 Å². The van der Waals surface area contributed by atoms with Crippen molar-refractivity contribution >= 4 is 34.6 Å². The molecule has 5 nitrogen and oxygen atoms in total. The van der Waals surface area contributed by atoms with Crippen LogP contribution in [0.3, 0.4) is 0 Å². The molecule has 2 fully saturated rings. The van der Waals surface area contributed by atoms with Crippen LogP contribution in [0.25, 0.3) is 23.1 Å². The molecule has 180 valence electrons. The zero-order chi connectivity index (χ0) is 24.1. The minimum atomic E-state index is -0.410. The van der Waals surface area contributed by atoms with E-state index in [1.165, 1.54) is 49.0 Å². The van der Waals surface area contributed by atoms with Gasteiger partial charge in [-0.05, 0) is 72.8 Å². The molecule has 1 amide bonds. The maximum absolute atomic E-state index is 12.9. The van der Waals surface area contributed by atoms with Gasteiger partial charge in [0.1, 0.15) is 0 Å². The first kappa shape index (κ1) is 21.6. The molecule has 1 saturated carbocycles. The number of carbonyl (C=O) groups is 1. The fraction of sp³-hybridized carbons (Fsp3) is 0.290. The van der Waals surface area contributed by atoms with Crippen LogP contribution < -0.4 is 5.32 Å². The van der Waals surface area contributed by atoms with Crippen LogP contribution >= 0.6 is 0 Å². The summed E-state index contributed by atoms with van der Waals surface area (Å²) in [6.07, 6.45) is 9.09. The lowest BCUT2D eigenvalue weighted by molar-refractivity contribution is -0.118. The van der Waals surface area contributed by atoms with Gasteiger partial charge in [0, 0.05) is 23.5 Å². The summed E-state index contributed by atoms with van der Waals surface area (Å²) >= 11 is 0. The molecule has 0 radical (unpaired) electrons. The number of para-hydroxylation sites is 1. The average molecular weight is 475 g/mol. The third-order valence-electron chi connectivity index (χ3n) is 8.31. The fourth-order valence-corrected chi connectivity index (χ4v) is 6.24. The Morgan fingerprint density at radius 3 is 2.67 bits per heavy atom. The van der Waals surface area contributed by atoms with Crippen molar-refractivity contribution in [1.82, 2.24) is 15.1 Å². The van der Waals surface area contributed by atoms with E-state index in [4.69, 9.17) is 0 Å². The summed E-state index contributed by atoms with van der Waals surface area (Å²) in [7, 11) is 0. The molecule has 1 aliphatic carbocycles. The smallest absolute Gasteiger partial charge is 0.235 e. The van der Waals surface area contributed by atoms with E-state index in [2.05, 4.69) is 81.1 Å². The Morgan fingerprint density at radius 2 is 1.81 bits per heavy atom. The van der Waals surface area contributed by atoms with E-state index in [1.807, 2.05) is 18.2 Å². The quantitative estimate of drug-likeness (QED) is 0.368. The Bertz CT molecular complexity index is 1480. The molecule has 3 aromatic carbocycles. The number of H-pyrrole nitrogens is 1. The number of fused-ring (bicyclic) bond motifs is 3. The van der Waals surface area contributed by atoms with Crippen LogP contribution in [0.2, 0.25) is 0 Å². The second-order valence-electron chi connectivity index (χ2n) is 10.6. The lowest BCUT2D eigenvalue weighted by Crippen LogP contribution is -2.28. The molecule has 3 heterocycles. The number of nitrogens with one attached hydrogen (secondary N) is 2. The molecule has 1 spiro atoms. The van der Waals surface area contributed by atoms with Gasteiger partial charge in [-0.25, -0.2) is 0 Å². The third-order valence-corrected chi connectivity index (χ3v) is 8.31. The molecule has 2 N–H and O–H groups in total. The van der Waals surface area contributed by atoms with Gasteiger partial charge in [0.05, 0.1) is 16.6 Å². The number of hydrogen-bond acceptors (Lipinski definition) is 3. The summed E-state index contributed by atoms with van der Waals surface area (Å²) in [5.74, 6) is 0.334. The Kier molecular flexibility index (Phi) is 5.07. The van der Waals surface area contributed by atoms with Crippen LogP contribution in [0.4, 0.5) is 5.69 Å². The van der Waals surface area contributed by atoms with Crippen molar-refractivity contribution in [2.75, 3.05) is 18.4 Å². The van der Waals surface area contributed by atoms with Crippen LogP contribution in [0, 0.1) is 0 Å². The SMILES string of the molecule is O=C1Nc2ccccc2C12CC2c1ccc2c(/C=C/c3ccc(CN4CCCCC4)cc3)n[nH]c2c1. The predicted molar refractivity (Wildman–Crippen MR) is 145 cm³/mol. The first-order chi connectivity index (χ1) is 17.7. The molecule has 0 bridgehead atoms. The number of nitrogens with zero attached hydrogens (tertiary/aromatic N) is 2. The second kappa shape index (κ2) is 8.45. The van der Waals surface area contributed by atoms with Gasteiger partial charge >= 0.3 is 0 Å². The highest BCUT2D eigenvalue weighted by molar-refractivity contribution is 6.09. The second-order valence-corrected chi connectivity index (χ2v) is 10.6. The summed E-state index contributed by atoms with van der Waals surface area (Å²) in [5.41, 5.74) is 7.38. The average Bonchev–Trinajstić information content (AvgIpc) is 3.45. The van der Waals surface area contributed by atoms with Gasteiger partial charge in [-0.1, -0.05) is 67.1 Å². The number of hydrogen-bond donors (Lipinski definition) is 2. The molecular formula is C31H30N4O. The number of benzene rings is 3. The van der Waals surface area contributed by atoms with Gasteiger partial charge in [0.25, 0.3) is 0 Å². The molecule has 5 heteroatoms. The highest BCUT2D eigenvalue weighted by Crippen LogP contribution is 2.64. The van der Waals surface area contributed by atoms with E-state index in [-0.39, 0.29) is 11.8 Å². The molecule has 7 rings (SSSR count). The highest BCUT2D eigenvalue weighted by atomic mass is 16.2. The maximum atomic E-state index is 12.9. The van der Waals surface area contributed by atoms with E-state index >= 15 is 0 Å². The van der Waals surface area contributed by atoms with Gasteiger partial charge in [0.15, 0.2) is 0 Å². The van der Waals surface area contributed by atoms with Crippen LogP contribution in [-0.2, 0) is 16.8 Å². The van der Waals surface area contributed by atoms with Gasteiger partial charge in [-0.3, -0.25) is 14.8 Å². The van der Waals surface area contributed by atoms with Crippen LogP contribution in [0.15, 0.2) is 66.7 Å². The molecule has 1 saturated heterocycles. The topological polar surface area (TPSA) is 61.0 Å². The number of aromatic amines is 1. The number of likely N-dealkylation sites (tertiary alicyclic amines) is 1. The minimum Gasteiger partial charge on any atom is -0.325 e. The van der Waals surface area contributed by atoms with E-state index in [1.54, 1.807) is 0 Å². The van der Waals surface area contributed by atoms with Gasteiger partial charge in [-0.15, -0.1) is 0 Å². The number of rotatable bonds is 5. The van der Waals surface area contributed by atoms with E-state index in [0.29, 0.717) is 0 Å². The first-order valence-electron chi connectivity index (χ1n) is 13.1. The first-order valence-corrected chi connectivity index (χ1v) is 13.1. The summed E-state index contributed by atoms with van der Waals surface area (Å²) in [5, 5.41) is 11.9. The van der Waals surface area contributed by atoms with Crippen LogP contribution in [0.1, 0.15) is 59.5 Å². The molecular weight excluding hydrogens is 444 g/mol. The molecule has 2 unspecified atom stereocenters. The molecule has 2 atom stereocenters. The Hall–Kier alpha value is -3.70. The largest absolute Gasteiger partial charge is 0.325 e. The van der Waals surface area contributed by atoms with Crippen molar-refractivity contribution in [1.29, 1.82) is 0 Å². The number of piperidine rings is 1. The number of carbonyl (C=O) groups excluding carboxylic acids is 1. The minimum absolute atomic E-state index is 0.129. The number of amides is 1. The standard InChI is InChI=1S/C31H30N4O/c36-30-31(25-6-2-3-7-28(25)32-30)19-26(31)23-13-14-24-27(33-34-29(24)18-23)15-12-21-8-10-22(11-9-21)20-35-16-4-1-5-17-35/h2-3,6-15,18,26H,1,4-5,16-17,19-20H2,(H,32,36)(H,33,34)/b15-12+. The van der Waals surface area contributed by atoms with Gasteiger partial charge in [-0.2, -0.15) is 5.10 Å². The van der Waals surface area contributed by atoms with E-state index in [9.17, 15) is 4.79 Å². The van der Waals surface area contributed by atoms with Crippen LogP contribution in [-0.4, -0.2) is 34.1 Å². The van der Waals surface area contributed by atoms with Crippen molar-refractivity contribution < 1.29 is 4.79 Å². The van der Waals surface area contributed by atoms with Crippen molar-refractivity contribution in [3.63, 3.8) is 0 Å². The fourth-order valence-electron chi connectivity index (χ4n) is 6.24. The molecule has 1 aromatic heterocycles. The normalized spacial score (nSPS) is 23.4. The molecule has 4 aromatic rings. The van der Waals surface area contributed by atoms with Crippen LogP contribution in [0.5, 0.6) is 0 Å². The molecule has 36 heavy (non-hydrogen) atoms. The summed E-state index contributed by atoms with van der Waals surface area (Å²) in [6.45, 7) is 3.49. The molecule has 2 aliphatic heterocycles. The van der Waals surface area contributed by atoms with Gasteiger partial charge < -0.3 is 5.32 Å². The molecule has 3 aliphatic rings. The van der Waals surface area contributed by atoms with Gasteiger partial charge in [0.2, 0.25) is 5.91 Å². The summed E-state index contributed by atoms with van der Waals surface area (Å²) in [4.78, 5) is 15.4. The Balaban J connectivity index is 1.08. The maximum Gasteiger partial charge on any atom is 0.235 e. The third kappa shape index (κ3) is 3.58. The lowest BCUT2D eigenvalue weighted by atomic mass is 9.92. The highest BCUT2D eigenvalue weighted by Gasteiger charge is 2.65. The zero-order valence-corrected chi connectivity index (χ0v) is 20.3. The Morgan fingerprint density at radius 1 is 0.972 bits per heavy atom. The van der Waals surface area contributed by atoms with Crippen molar-refractivity contribution in [2.24, 2.45) is 0 Å². The summed E-state index contributed by atoms with van der Waals surface area (Å²) in [6, 6.07) is 23.4. The van der Waals surface area contributed by atoms with Crippen molar-refractivity contribution in [2.45, 2.75) is 43.6 Å². The number of aromatic nitrogens is 2. The predicted octanol–water partition coefficient (Wildman–Crippen LogP) is 6.10. The zero-order valence-electron chi connectivity index (χ0n) is 20.3. The van der Waals surface area contributed by atoms with E-state index < -0.39 is 5.41 Å². The monoisotopic (exact) mass is 474 g/mol. The lowest BCUT2D eigenvalue weighted by Gasteiger charge is -2.26. The Labute approximate surface area is 211 Å².